The lowest BCUT2D eigenvalue weighted by Crippen LogP contribution is -2.27. The summed E-state index contributed by atoms with van der Waals surface area (Å²) in [6.45, 7) is 1.90. The highest BCUT2D eigenvalue weighted by Crippen LogP contribution is 2.32. The lowest BCUT2D eigenvalue weighted by molar-refractivity contribution is 0.0242. The average molecular weight is 230 g/mol. The van der Waals surface area contributed by atoms with Crippen LogP contribution in [0, 0.1) is 0 Å². The Morgan fingerprint density at radius 3 is 3.00 bits per heavy atom. The van der Waals surface area contributed by atoms with E-state index in [0.29, 0.717) is 0 Å². The number of nitrogens with one attached hydrogen (secondary N) is 2. The molecule has 0 saturated carbocycles. The Bertz CT molecular complexity index is 510. The van der Waals surface area contributed by atoms with E-state index in [9.17, 15) is 5.11 Å². The molecule has 2 aromatic rings. The number of benzene rings is 1. The first-order chi connectivity index (χ1) is 8.28. The second-order valence-corrected chi connectivity index (χ2v) is 4.91. The molecule has 3 N–H and O–H groups in total. The van der Waals surface area contributed by atoms with Gasteiger partial charge >= 0.3 is 0 Å². The number of H-pyrrole nitrogens is 1. The number of aliphatic hydroxyl groups is 1. The lowest BCUT2D eigenvalue weighted by Gasteiger charge is -2.27. The molecule has 3 rings (SSSR count). The van der Waals surface area contributed by atoms with Crippen molar-refractivity contribution in [2.45, 2.75) is 24.9 Å². The molecule has 17 heavy (non-hydrogen) atoms. The number of aromatic amines is 1. The van der Waals surface area contributed by atoms with Crippen molar-refractivity contribution in [3.05, 3.63) is 36.0 Å². The molecule has 1 aliphatic heterocycles. The Hall–Kier alpha value is -1.32. The molecule has 0 aliphatic carbocycles. The highest BCUT2D eigenvalue weighted by atomic mass is 16.3. The van der Waals surface area contributed by atoms with E-state index in [0.717, 1.165) is 43.4 Å². The SMILES string of the molecule is OC1(c2ccc3[nH]ccc3c2)CCCNCC1. The van der Waals surface area contributed by atoms with E-state index in [-0.39, 0.29) is 0 Å². The van der Waals surface area contributed by atoms with Crippen molar-refractivity contribution in [2.24, 2.45) is 0 Å². The smallest absolute Gasteiger partial charge is 0.0909 e. The Morgan fingerprint density at radius 2 is 2.06 bits per heavy atom. The molecule has 0 radical (unpaired) electrons. The van der Waals surface area contributed by atoms with Crippen molar-refractivity contribution in [2.75, 3.05) is 13.1 Å². The van der Waals surface area contributed by atoms with Gasteiger partial charge in [-0.15, -0.1) is 0 Å². The van der Waals surface area contributed by atoms with Crippen LogP contribution in [-0.4, -0.2) is 23.2 Å². The van der Waals surface area contributed by atoms with E-state index in [1.807, 2.05) is 12.3 Å². The molecule has 1 fully saturated rings. The van der Waals surface area contributed by atoms with Crippen molar-refractivity contribution in [3.8, 4) is 0 Å². The van der Waals surface area contributed by atoms with E-state index in [1.165, 1.54) is 5.39 Å². The minimum absolute atomic E-state index is 0.658. The van der Waals surface area contributed by atoms with E-state index < -0.39 is 5.60 Å². The van der Waals surface area contributed by atoms with Gasteiger partial charge in [-0.05, 0) is 61.5 Å². The van der Waals surface area contributed by atoms with Gasteiger partial charge in [-0.3, -0.25) is 0 Å². The van der Waals surface area contributed by atoms with Crippen LogP contribution in [0.2, 0.25) is 0 Å². The highest BCUT2D eigenvalue weighted by Gasteiger charge is 2.29. The van der Waals surface area contributed by atoms with Crippen LogP contribution >= 0.6 is 0 Å². The third-order valence-electron chi connectivity index (χ3n) is 3.75. The fourth-order valence-corrected chi connectivity index (χ4v) is 2.68. The van der Waals surface area contributed by atoms with Gasteiger partial charge in [0.1, 0.15) is 0 Å². The largest absolute Gasteiger partial charge is 0.385 e. The van der Waals surface area contributed by atoms with Crippen LogP contribution in [0.1, 0.15) is 24.8 Å². The first-order valence-corrected chi connectivity index (χ1v) is 6.29. The van der Waals surface area contributed by atoms with Crippen LogP contribution in [0.4, 0.5) is 0 Å². The van der Waals surface area contributed by atoms with Crippen LogP contribution < -0.4 is 5.32 Å². The summed E-state index contributed by atoms with van der Waals surface area (Å²) in [5.74, 6) is 0. The van der Waals surface area contributed by atoms with E-state index >= 15 is 0 Å². The molecule has 1 unspecified atom stereocenters. The molecule has 3 heteroatoms. The van der Waals surface area contributed by atoms with Crippen molar-refractivity contribution in [3.63, 3.8) is 0 Å². The summed E-state index contributed by atoms with van der Waals surface area (Å²) in [6, 6.07) is 8.26. The molecule has 1 aromatic carbocycles. The zero-order chi connectivity index (χ0) is 11.7. The van der Waals surface area contributed by atoms with E-state index in [2.05, 4.69) is 28.5 Å². The van der Waals surface area contributed by atoms with Crippen LogP contribution in [0.3, 0.4) is 0 Å². The Kier molecular flexibility index (Phi) is 2.65. The maximum atomic E-state index is 10.8. The molecule has 0 spiro atoms. The zero-order valence-electron chi connectivity index (χ0n) is 9.87. The number of rotatable bonds is 1. The molecule has 1 aromatic heterocycles. The van der Waals surface area contributed by atoms with Gasteiger partial charge in [-0.2, -0.15) is 0 Å². The summed E-state index contributed by atoms with van der Waals surface area (Å²) < 4.78 is 0. The van der Waals surface area contributed by atoms with Gasteiger partial charge in [0.2, 0.25) is 0 Å². The third kappa shape index (κ3) is 1.96. The quantitative estimate of drug-likeness (QED) is 0.703. The van der Waals surface area contributed by atoms with Crippen molar-refractivity contribution in [1.82, 2.24) is 10.3 Å². The van der Waals surface area contributed by atoms with Gasteiger partial charge in [0.05, 0.1) is 5.60 Å². The fourth-order valence-electron chi connectivity index (χ4n) is 2.68. The van der Waals surface area contributed by atoms with Gasteiger partial charge in [-0.1, -0.05) is 6.07 Å². The molecule has 2 heterocycles. The van der Waals surface area contributed by atoms with Crippen LogP contribution in [0.5, 0.6) is 0 Å². The average Bonchev–Trinajstić information content (AvgIpc) is 2.70. The zero-order valence-corrected chi connectivity index (χ0v) is 9.87. The van der Waals surface area contributed by atoms with Gasteiger partial charge in [-0.25, -0.2) is 0 Å². The molecule has 1 atom stereocenters. The van der Waals surface area contributed by atoms with Gasteiger partial charge in [0.25, 0.3) is 0 Å². The minimum atomic E-state index is -0.658. The fraction of sp³-hybridized carbons (Fsp3) is 0.429. The summed E-state index contributed by atoms with van der Waals surface area (Å²) in [5.41, 5.74) is 1.52. The first kappa shape index (κ1) is 10.8. The number of fused-ring (bicyclic) bond motifs is 1. The van der Waals surface area contributed by atoms with Crippen LogP contribution in [-0.2, 0) is 5.60 Å². The lowest BCUT2D eigenvalue weighted by atomic mass is 9.86. The Balaban J connectivity index is 2.00. The standard InChI is InChI=1S/C14H18N2O/c17-14(5-1-7-15-9-6-14)12-2-3-13-11(10-12)4-8-16-13/h2-4,8,10,15-17H,1,5-7,9H2. The number of hydrogen-bond acceptors (Lipinski definition) is 2. The molecule has 3 nitrogen and oxygen atoms in total. The molecular formula is C14H18N2O. The molecule has 0 amide bonds. The molecule has 0 bridgehead atoms. The van der Waals surface area contributed by atoms with Crippen molar-refractivity contribution >= 4 is 10.9 Å². The van der Waals surface area contributed by atoms with Crippen LogP contribution in [0.25, 0.3) is 10.9 Å². The summed E-state index contributed by atoms with van der Waals surface area (Å²) in [6.07, 6.45) is 4.60. The number of hydrogen-bond donors (Lipinski definition) is 3. The second-order valence-electron chi connectivity index (χ2n) is 4.91. The maximum Gasteiger partial charge on any atom is 0.0909 e. The van der Waals surface area contributed by atoms with Gasteiger partial charge in [0.15, 0.2) is 0 Å². The predicted octanol–water partition coefficient (Wildman–Crippen LogP) is 2.13. The third-order valence-corrected chi connectivity index (χ3v) is 3.75. The number of aromatic nitrogens is 1. The van der Waals surface area contributed by atoms with Gasteiger partial charge in [0, 0.05) is 11.7 Å². The molecule has 1 saturated heterocycles. The van der Waals surface area contributed by atoms with Crippen molar-refractivity contribution < 1.29 is 5.11 Å². The maximum absolute atomic E-state index is 10.8. The van der Waals surface area contributed by atoms with Gasteiger partial charge < -0.3 is 15.4 Å². The Labute approximate surface area is 101 Å². The molecule has 90 valence electrons. The summed E-state index contributed by atoms with van der Waals surface area (Å²) in [5, 5.41) is 15.3. The summed E-state index contributed by atoms with van der Waals surface area (Å²) in [4.78, 5) is 3.18. The molecule has 1 aliphatic rings. The normalized spacial score (nSPS) is 25.9. The second kappa shape index (κ2) is 4.17. The van der Waals surface area contributed by atoms with Crippen molar-refractivity contribution in [1.29, 1.82) is 0 Å². The summed E-state index contributed by atoms with van der Waals surface area (Å²) >= 11 is 0. The highest BCUT2D eigenvalue weighted by molar-refractivity contribution is 5.80. The minimum Gasteiger partial charge on any atom is -0.385 e. The first-order valence-electron chi connectivity index (χ1n) is 6.29. The summed E-state index contributed by atoms with van der Waals surface area (Å²) in [7, 11) is 0. The monoisotopic (exact) mass is 230 g/mol. The topological polar surface area (TPSA) is 48.0 Å². The van der Waals surface area contributed by atoms with E-state index in [4.69, 9.17) is 0 Å². The molecular weight excluding hydrogens is 212 g/mol. The predicted molar refractivity (Wildman–Crippen MR) is 68.9 cm³/mol. The van der Waals surface area contributed by atoms with E-state index in [1.54, 1.807) is 0 Å². The van der Waals surface area contributed by atoms with Crippen LogP contribution in [0.15, 0.2) is 30.5 Å². The Morgan fingerprint density at radius 1 is 1.12 bits per heavy atom.